The lowest BCUT2D eigenvalue weighted by atomic mass is 9.96. The number of hydrogen-bond donors (Lipinski definition) is 3. The number of nitro groups is 1. The van der Waals surface area contributed by atoms with E-state index in [1.54, 1.807) is 0 Å². The number of nitrogens with zero attached hydrogens (tertiary/aromatic N) is 2. The van der Waals surface area contributed by atoms with Crippen molar-refractivity contribution < 1.29 is 14.5 Å². The number of carbonyl (C=O) groups excluding carboxylic acids is 2. The fraction of sp³-hybridized carbons (Fsp3) is 0.467. The summed E-state index contributed by atoms with van der Waals surface area (Å²) < 4.78 is 0. The number of benzene rings is 1. The minimum atomic E-state index is -0.620. The van der Waals surface area contributed by atoms with Gasteiger partial charge in [-0.15, -0.1) is 0 Å². The van der Waals surface area contributed by atoms with Crippen molar-refractivity contribution in [2.75, 3.05) is 31.9 Å². The van der Waals surface area contributed by atoms with Crippen molar-refractivity contribution in [2.45, 2.75) is 12.8 Å². The molecule has 1 atom stereocenters. The number of likely N-dealkylation sites (tertiary alicyclic amines) is 1. The molecule has 2 rings (SSSR count). The van der Waals surface area contributed by atoms with E-state index in [0.717, 1.165) is 0 Å². The van der Waals surface area contributed by atoms with Gasteiger partial charge in [-0.25, -0.2) is 0 Å². The van der Waals surface area contributed by atoms with Crippen LogP contribution in [0.5, 0.6) is 0 Å². The van der Waals surface area contributed by atoms with Gasteiger partial charge in [-0.2, -0.15) is 0 Å². The molecule has 24 heavy (non-hydrogen) atoms. The Morgan fingerprint density at radius 3 is 2.83 bits per heavy atom. The summed E-state index contributed by atoms with van der Waals surface area (Å²) in [6.07, 6.45) is 1.37. The molecule has 0 aliphatic carbocycles. The van der Waals surface area contributed by atoms with Crippen molar-refractivity contribution >= 4 is 23.2 Å². The van der Waals surface area contributed by atoms with E-state index in [9.17, 15) is 19.7 Å². The monoisotopic (exact) mass is 335 g/mol. The van der Waals surface area contributed by atoms with Crippen LogP contribution in [0.2, 0.25) is 0 Å². The lowest BCUT2D eigenvalue weighted by Crippen LogP contribution is -2.46. The van der Waals surface area contributed by atoms with E-state index >= 15 is 0 Å². The second-order valence-electron chi connectivity index (χ2n) is 5.67. The number of piperidine rings is 1. The molecule has 0 radical (unpaired) electrons. The summed E-state index contributed by atoms with van der Waals surface area (Å²) in [5.74, 6) is -0.841. The van der Waals surface area contributed by atoms with Gasteiger partial charge in [0.2, 0.25) is 5.91 Å². The Bertz CT molecular complexity index is 649. The van der Waals surface area contributed by atoms with Crippen LogP contribution in [0.15, 0.2) is 18.2 Å². The molecule has 0 aromatic heterocycles. The predicted octanol–water partition coefficient (Wildman–Crippen LogP) is 0.104. The van der Waals surface area contributed by atoms with Crippen LogP contribution >= 0.6 is 0 Å². The first-order chi connectivity index (χ1) is 11.5. The molecule has 0 bridgehead atoms. The van der Waals surface area contributed by atoms with Gasteiger partial charge in [-0.1, -0.05) is 6.07 Å². The maximum atomic E-state index is 12.6. The fourth-order valence-corrected chi connectivity index (χ4v) is 2.78. The van der Waals surface area contributed by atoms with Crippen LogP contribution in [0.4, 0.5) is 11.4 Å². The maximum Gasteiger partial charge on any atom is 0.292 e. The summed E-state index contributed by atoms with van der Waals surface area (Å²) in [6.45, 7) is 1.49. The van der Waals surface area contributed by atoms with Gasteiger partial charge in [0.1, 0.15) is 5.69 Å². The Morgan fingerprint density at radius 1 is 1.42 bits per heavy atom. The number of para-hydroxylation sites is 1. The van der Waals surface area contributed by atoms with Crippen LogP contribution in [0.3, 0.4) is 0 Å². The molecule has 9 heteroatoms. The van der Waals surface area contributed by atoms with Crippen molar-refractivity contribution in [1.29, 1.82) is 0 Å². The van der Waals surface area contributed by atoms with Gasteiger partial charge < -0.3 is 21.7 Å². The molecule has 1 heterocycles. The number of nitro benzene ring substituents is 1. The van der Waals surface area contributed by atoms with Crippen molar-refractivity contribution in [2.24, 2.45) is 11.7 Å². The normalized spacial score (nSPS) is 17.4. The predicted molar refractivity (Wildman–Crippen MR) is 88.2 cm³/mol. The lowest BCUT2D eigenvalue weighted by molar-refractivity contribution is -0.383. The first-order valence-electron chi connectivity index (χ1n) is 7.75. The van der Waals surface area contributed by atoms with Gasteiger partial charge in [0, 0.05) is 32.2 Å². The zero-order valence-corrected chi connectivity index (χ0v) is 13.2. The second-order valence-corrected chi connectivity index (χ2v) is 5.67. The summed E-state index contributed by atoms with van der Waals surface area (Å²) in [6, 6.07) is 4.14. The number of rotatable bonds is 5. The molecule has 1 saturated heterocycles. The van der Waals surface area contributed by atoms with Crippen molar-refractivity contribution in [1.82, 2.24) is 10.2 Å². The third-order valence-corrected chi connectivity index (χ3v) is 4.03. The van der Waals surface area contributed by atoms with Crippen LogP contribution in [-0.2, 0) is 4.79 Å². The van der Waals surface area contributed by atoms with Crippen LogP contribution in [0.25, 0.3) is 0 Å². The number of hydrogen-bond acceptors (Lipinski definition) is 6. The summed E-state index contributed by atoms with van der Waals surface area (Å²) >= 11 is 0. The molecule has 9 nitrogen and oxygen atoms in total. The Labute approximate surface area is 139 Å². The number of carbonyl (C=O) groups is 2. The highest BCUT2D eigenvalue weighted by molar-refractivity contribution is 6.01. The van der Waals surface area contributed by atoms with Gasteiger partial charge in [0.15, 0.2) is 0 Å². The summed E-state index contributed by atoms with van der Waals surface area (Å²) in [7, 11) is 0. The van der Waals surface area contributed by atoms with E-state index in [1.165, 1.54) is 23.1 Å². The second kappa shape index (κ2) is 7.73. The SMILES string of the molecule is NCCNC(=O)C1CCCN(C(=O)c2cccc([N+](=O)[O-])c2N)C1. The average Bonchev–Trinajstić information content (AvgIpc) is 2.59. The third-order valence-electron chi connectivity index (χ3n) is 4.03. The molecular formula is C15H21N5O4. The quantitative estimate of drug-likeness (QED) is 0.395. The van der Waals surface area contributed by atoms with Gasteiger partial charge in [0.05, 0.1) is 16.4 Å². The highest BCUT2D eigenvalue weighted by atomic mass is 16.6. The number of amides is 2. The Balaban J connectivity index is 2.14. The fourth-order valence-electron chi connectivity index (χ4n) is 2.78. The molecular weight excluding hydrogens is 314 g/mol. The van der Waals surface area contributed by atoms with E-state index in [0.29, 0.717) is 32.5 Å². The summed E-state index contributed by atoms with van der Waals surface area (Å²) in [4.78, 5) is 36.6. The first kappa shape index (κ1) is 17.7. The van der Waals surface area contributed by atoms with E-state index in [4.69, 9.17) is 11.5 Å². The highest BCUT2D eigenvalue weighted by Crippen LogP contribution is 2.27. The van der Waals surface area contributed by atoms with Gasteiger partial charge in [-0.05, 0) is 18.9 Å². The van der Waals surface area contributed by atoms with Gasteiger partial charge in [0.25, 0.3) is 11.6 Å². The molecule has 0 spiro atoms. The van der Waals surface area contributed by atoms with E-state index in [1.807, 2.05) is 0 Å². The van der Waals surface area contributed by atoms with Crippen LogP contribution in [0, 0.1) is 16.0 Å². The molecule has 1 unspecified atom stereocenters. The van der Waals surface area contributed by atoms with E-state index in [2.05, 4.69) is 5.32 Å². The summed E-state index contributed by atoms with van der Waals surface area (Å²) in [5.41, 5.74) is 10.8. The van der Waals surface area contributed by atoms with E-state index < -0.39 is 10.8 Å². The number of nitrogen functional groups attached to an aromatic ring is 1. The standard InChI is InChI=1S/C15H21N5O4/c16-6-7-18-14(21)10-3-2-8-19(9-10)15(22)11-4-1-5-12(13(11)17)20(23)24/h1,4-5,10H,2-3,6-9,16-17H2,(H,18,21). The zero-order valence-electron chi connectivity index (χ0n) is 13.2. The van der Waals surface area contributed by atoms with Crippen molar-refractivity contribution in [3.05, 3.63) is 33.9 Å². The van der Waals surface area contributed by atoms with Gasteiger partial charge >= 0.3 is 0 Å². The van der Waals surface area contributed by atoms with Crippen LogP contribution in [0.1, 0.15) is 23.2 Å². The minimum absolute atomic E-state index is 0.0900. The molecule has 0 saturated carbocycles. The van der Waals surface area contributed by atoms with Crippen LogP contribution in [-0.4, -0.2) is 47.8 Å². The molecule has 5 N–H and O–H groups in total. The maximum absolute atomic E-state index is 12.6. The molecule has 1 aliphatic heterocycles. The molecule has 1 aromatic carbocycles. The topological polar surface area (TPSA) is 145 Å². The Kier molecular flexibility index (Phi) is 5.69. The lowest BCUT2D eigenvalue weighted by Gasteiger charge is -2.32. The largest absolute Gasteiger partial charge is 0.393 e. The smallest absolute Gasteiger partial charge is 0.292 e. The summed E-state index contributed by atoms with van der Waals surface area (Å²) in [5, 5.41) is 13.7. The number of nitrogens with one attached hydrogen (secondary N) is 1. The van der Waals surface area contributed by atoms with Crippen LogP contribution < -0.4 is 16.8 Å². The first-order valence-corrected chi connectivity index (χ1v) is 7.75. The van der Waals surface area contributed by atoms with E-state index in [-0.39, 0.29) is 35.3 Å². The Hall–Kier alpha value is -2.68. The third kappa shape index (κ3) is 3.80. The molecule has 1 aromatic rings. The molecule has 130 valence electrons. The van der Waals surface area contributed by atoms with Crippen molar-refractivity contribution in [3.8, 4) is 0 Å². The minimum Gasteiger partial charge on any atom is -0.393 e. The van der Waals surface area contributed by atoms with Gasteiger partial charge in [-0.3, -0.25) is 19.7 Å². The highest BCUT2D eigenvalue weighted by Gasteiger charge is 2.30. The molecule has 2 amide bonds. The molecule has 1 fully saturated rings. The number of anilines is 1. The van der Waals surface area contributed by atoms with Crippen molar-refractivity contribution in [3.63, 3.8) is 0 Å². The Morgan fingerprint density at radius 2 is 2.17 bits per heavy atom. The average molecular weight is 335 g/mol. The number of nitrogens with two attached hydrogens (primary N) is 2. The molecule has 1 aliphatic rings. The zero-order chi connectivity index (χ0) is 17.7.